The van der Waals surface area contributed by atoms with Crippen molar-refractivity contribution in [3.8, 4) is 0 Å². The highest BCUT2D eigenvalue weighted by Crippen LogP contribution is 2.55. The van der Waals surface area contributed by atoms with E-state index in [2.05, 4.69) is 18.7 Å². The molecule has 5 aliphatic rings. The largest absolute Gasteiger partial charge is 0.333 e. The molecule has 8 nitrogen and oxygen atoms in total. The van der Waals surface area contributed by atoms with Gasteiger partial charge >= 0.3 is 0 Å². The molecule has 5 rings (SSSR count). The van der Waals surface area contributed by atoms with Crippen molar-refractivity contribution in [3.63, 3.8) is 0 Å². The molecule has 0 aliphatic carbocycles. The lowest BCUT2D eigenvalue weighted by Gasteiger charge is -2.38. The quantitative estimate of drug-likeness (QED) is 0.508. The lowest BCUT2D eigenvalue weighted by molar-refractivity contribution is 0.165. The highest BCUT2D eigenvalue weighted by Gasteiger charge is 2.47. The fourth-order valence-corrected chi connectivity index (χ4v) is 7.58. The number of rotatable bonds is 6. The SMILES string of the molecule is O=C(N1CCN(C(=O)P(N2CC2)N2CC2)CC1)P(N1CC1)N1CC1. The van der Waals surface area contributed by atoms with E-state index in [0.29, 0.717) is 37.5 Å². The Morgan fingerprint density at radius 1 is 0.458 bits per heavy atom. The normalized spacial score (nSPS) is 27.9. The minimum absolute atomic E-state index is 0.311. The zero-order valence-corrected chi connectivity index (χ0v) is 15.7. The maximum atomic E-state index is 12.9. The molecular weight excluding hydrogens is 346 g/mol. The van der Waals surface area contributed by atoms with Gasteiger partial charge in [0.2, 0.25) is 0 Å². The molecule has 5 fully saturated rings. The van der Waals surface area contributed by atoms with Gasteiger partial charge in [-0.1, -0.05) is 0 Å². The number of nitrogens with zero attached hydrogens (tertiary/aromatic N) is 6. The van der Waals surface area contributed by atoms with Gasteiger partial charge in [0, 0.05) is 78.5 Å². The molecule has 2 amide bonds. The molecule has 5 heterocycles. The van der Waals surface area contributed by atoms with Crippen molar-refractivity contribution >= 4 is 27.7 Å². The number of carbonyl (C=O) groups excluding carboxylic acids is 2. The summed E-state index contributed by atoms with van der Waals surface area (Å²) in [5.41, 5.74) is 0.623. The van der Waals surface area contributed by atoms with E-state index in [1.54, 1.807) is 0 Å². The van der Waals surface area contributed by atoms with Crippen molar-refractivity contribution in [3.05, 3.63) is 0 Å². The van der Waals surface area contributed by atoms with Gasteiger partial charge in [-0.15, -0.1) is 0 Å². The van der Waals surface area contributed by atoms with E-state index in [9.17, 15) is 9.59 Å². The molecule has 132 valence electrons. The van der Waals surface area contributed by atoms with Crippen LogP contribution in [0, 0.1) is 0 Å². The molecule has 0 saturated carbocycles. The first-order chi connectivity index (χ1) is 11.7. The highest BCUT2D eigenvalue weighted by molar-refractivity contribution is 7.71. The minimum Gasteiger partial charge on any atom is -0.333 e. The summed E-state index contributed by atoms with van der Waals surface area (Å²) in [4.78, 5) is 29.7. The molecule has 0 spiro atoms. The number of hydrogen-bond acceptors (Lipinski definition) is 6. The van der Waals surface area contributed by atoms with Crippen molar-refractivity contribution in [2.24, 2.45) is 0 Å². The van der Waals surface area contributed by atoms with Crippen LogP contribution in [0.2, 0.25) is 0 Å². The molecule has 0 N–H and O–H groups in total. The van der Waals surface area contributed by atoms with Gasteiger partial charge in [0.1, 0.15) is 16.4 Å². The van der Waals surface area contributed by atoms with Crippen LogP contribution in [0.4, 0.5) is 9.59 Å². The van der Waals surface area contributed by atoms with E-state index in [-0.39, 0.29) is 0 Å². The summed E-state index contributed by atoms with van der Waals surface area (Å²) < 4.78 is 9.23. The first kappa shape index (κ1) is 15.9. The van der Waals surface area contributed by atoms with Crippen molar-refractivity contribution in [2.75, 3.05) is 78.5 Å². The van der Waals surface area contributed by atoms with E-state index >= 15 is 0 Å². The predicted octanol–water partition coefficient (Wildman–Crippen LogP) is 0.730. The smallest absolute Gasteiger partial charge is 0.274 e. The standard InChI is InChI=1S/C14H24N6O2P2/c21-13(23(17-5-6-17)18-7-8-18)15-1-2-16(4-3-15)14(22)24(19-9-10-19)20-11-12-20/h1-12H2. The van der Waals surface area contributed by atoms with Crippen LogP contribution in [0.25, 0.3) is 0 Å². The van der Waals surface area contributed by atoms with Crippen molar-refractivity contribution in [1.29, 1.82) is 0 Å². The maximum Gasteiger partial charge on any atom is 0.274 e. The summed E-state index contributed by atoms with van der Waals surface area (Å²) in [5, 5.41) is 0. The second kappa shape index (κ2) is 6.11. The summed E-state index contributed by atoms with van der Waals surface area (Å²) in [6.45, 7) is 11.4. The fraction of sp³-hybridized carbons (Fsp3) is 0.857. The first-order valence-corrected chi connectivity index (χ1v) is 11.4. The van der Waals surface area contributed by atoms with Gasteiger partial charge in [-0.3, -0.25) is 28.3 Å². The summed E-state index contributed by atoms with van der Waals surface area (Å²) >= 11 is 0. The van der Waals surface area contributed by atoms with Crippen LogP contribution in [0.15, 0.2) is 0 Å². The number of amides is 2. The van der Waals surface area contributed by atoms with E-state index in [0.717, 1.165) is 52.4 Å². The Hall–Kier alpha value is -0.360. The van der Waals surface area contributed by atoms with Gasteiger partial charge < -0.3 is 9.80 Å². The van der Waals surface area contributed by atoms with Gasteiger partial charge in [-0.2, -0.15) is 0 Å². The molecular formula is C14H24N6O2P2. The second-order valence-electron chi connectivity index (χ2n) is 6.93. The number of carbonyl (C=O) groups is 2. The Kier molecular flexibility index (Phi) is 4.04. The topological polar surface area (TPSA) is 52.7 Å². The number of piperazine rings is 1. The molecule has 0 unspecified atom stereocenters. The van der Waals surface area contributed by atoms with Crippen molar-refractivity contribution in [2.45, 2.75) is 0 Å². The molecule has 24 heavy (non-hydrogen) atoms. The van der Waals surface area contributed by atoms with Crippen LogP contribution in [-0.2, 0) is 0 Å². The van der Waals surface area contributed by atoms with E-state index < -0.39 is 16.4 Å². The third-order valence-corrected chi connectivity index (χ3v) is 9.92. The molecule has 0 aromatic heterocycles. The molecule has 0 radical (unpaired) electrons. The third-order valence-electron chi connectivity index (χ3n) is 4.93. The summed E-state index contributed by atoms with van der Waals surface area (Å²) in [6.07, 6.45) is 0. The lowest BCUT2D eigenvalue weighted by Crippen LogP contribution is -2.50. The van der Waals surface area contributed by atoms with E-state index in [1.165, 1.54) is 0 Å². The van der Waals surface area contributed by atoms with Crippen LogP contribution in [-0.4, -0.2) is 118 Å². The Morgan fingerprint density at radius 2 is 0.708 bits per heavy atom. The molecule has 0 aromatic rings. The average molecular weight is 370 g/mol. The molecule has 0 aromatic carbocycles. The monoisotopic (exact) mass is 370 g/mol. The maximum absolute atomic E-state index is 12.9. The van der Waals surface area contributed by atoms with Crippen LogP contribution in [0.1, 0.15) is 0 Å². The van der Waals surface area contributed by atoms with Gasteiger partial charge in [-0.25, -0.2) is 0 Å². The Balaban J connectivity index is 1.18. The molecule has 10 heteroatoms. The summed E-state index contributed by atoms with van der Waals surface area (Å²) in [7, 11) is -1.49. The van der Waals surface area contributed by atoms with Crippen LogP contribution >= 0.6 is 16.4 Å². The van der Waals surface area contributed by atoms with E-state index in [1.807, 2.05) is 9.80 Å². The predicted molar refractivity (Wildman–Crippen MR) is 94.1 cm³/mol. The Labute approximate surface area is 145 Å². The number of hydrogen-bond donors (Lipinski definition) is 0. The lowest BCUT2D eigenvalue weighted by atomic mass is 10.3. The van der Waals surface area contributed by atoms with Gasteiger partial charge in [0.05, 0.1) is 0 Å². The Morgan fingerprint density at radius 3 is 0.917 bits per heavy atom. The average Bonchev–Trinajstić information content (AvgIpc) is 3.45. The molecule has 0 atom stereocenters. The van der Waals surface area contributed by atoms with Crippen molar-refractivity contribution in [1.82, 2.24) is 28.5 Å². The van der Waals surface area contributed by atoms with Crippen LogP contribution in [0.3, 0.4) is 0 Å². The fourth-order valence-electron chi connectivity index (χ4n) is 3.12. The van der Waals surface area contributed by atoms with Crippen LogP contribution < -0.4 is 0 Å². The summed E-state index contributed by atoms with van der Waals surface area (Å²) in [6, 6.07) is 0. The zero-order valence-electron chi connectivity index (χ0n) is 13.9. The highest BCUT2D eigenvalue weighted by atomic mass is 31.1. The third kappa shape index (κ3) is 3.20. The summed E-state index contributed by atoms with van der Waals surface area (Å²) in [5.74, 6) is 0. The van der Waals surface area contributed by atoms with Gasteiger partial charge in [0.25, 0.3) is 11.3 Å². The van der Waals surface area contributed by atoms with Gasteiger partial charge in [0.15, 0.2) is 0 Å². The molecule has 0 bridgehead atoms. The van der Waals surface area contributed by atoms with Crippen LogP contribution in [0.5, 0.6) is 0 Å². The molecule has 5 aliphatic heterocycles. The van der Waals surface area contributed by atoms with E-state index in [4.69, 9.17) is 0 Å². The first-order valence-electron chi connectivity index (χ1n) is 8.90. The zero-order chi connectivity index (χ0) is 16.3. The molecule has 5 saturated heterocycles. The van der Waals surface area contributed by atoms with Gasteiger partial charge in [-0.05, 0) is 0 Å². The second-order valence-corrected chi connectivity index (χ2v) is 11.1. The Bertz CT molecular complexity index is 469. The minimum atomic E-state index is -0.745. The van der Waals surface area contributed by atoms with Crippen molar-refractivity contribution < 1.29 is 9.59 Å².